The molecule has 3 atom stereocenters. The second-order valence-electron chi connectivity index (χ2n) is 12.1. The molecule has 210 valence electrons. The number of carbonyl (C=O) groups excluding carboxylic acids is 2. The maximum absolute atomic E-state index is 13.0. The molecule has 0 heterocycles. The first-order valence-electron chi connectivity index (χ1n) is 14.4. The third kappa shape index (κ3) is 15.0. The summed E-state index contributed by atoms with van der Waals surface area (Å²) >= 11 is 0. The molecule has 0 saturated carbocycles. The molecule has 3 unspecified atom stereocenters. The van der Waals surface area contributed by atoms with Gasteiger partial charge in [-0.3, -0.25) is 9.78 Å². The fourth-order valence-corrected chi connectivity index (χ4v) is 4.30. The van der Waals surface area contributed by atoms with Gasteiger partial charge in [0.1, 0.15) is 11.2 Å². The summed E-state index contributed by atoms with van der Waals surface area (Å²) in [5, 5.41) is 0. The molecule has 0 spiro atoms. The van der Waals surface area contributed by atoms with Crippen LogP contribution in [0.3, 0.4) is 0 Å². The average molecular weight is 511 g/mol. The van der Waals surface area contributed by atoms with E-state index in [1.54, 1.807) is 0 Å². The molecule has 6 heteroatoms. The van der Waals surface area contributed by atoms with E-state index in [1.807, 2.05) is 41.5 Å². The van der Waals surface area contributed by atoms with E-state index < -0.39 is 11.2 Å². The van der Waals surface area contributed by atoms with Crippen LogP contribution in [0.1, 0.15) is 138 Å². The van der Waals surface area contributed by atoms with Gasteiger partial charge in [-0.1, -0.05) is 77.4 Å². The highest BCUT2D eigenvalue weighted by atomic mass is 17.2. The van der Waals surface area contributed by atoms with Crippen molar-refractivity contribution in [2.24, 2.45) is 17.8 Å². The third-order valence-electron chi connectivity index (χ3n) is 6.94. The van der Waals surface area contributed by atoms with Crippen molar-refractivity contribution < 1.29 is 29.1 Å². The van der Waals surface area contributed by atoms with Crippen molar-refractivity contribution in [3.8, 4) is 0 Å². The van der Waals surface area contributed by atoms with Gasteiger partial charge >= 0.3 is 11.9 Å². The number of allylic oxidation sites excluding steroid dienone is 2. The molecule has 0 bridgehead atoms. The lowest BCUT2D eigenvalue weighted by Gasteiger charge is -2.31. The second-order valence-corrected chi connectivity index (χ2v) is 12.1. The number of carbonyl (C=O) groups is 2. The molecule has 0 aromatic heterocycles. The quantitative estimate of drug-likeness (QED) is 0.0797. The smallest absolute Gasteiger partial charge is 0.298 e. The first-order valence-corrected chi connectivity index (χ1v) is 14.4. The van der Waals surface area contributed by atoms with E-state index in [4.69, 9.17) is 19.6 Å². The lowest BCUT2D eigenvalue weighted by Crippen LogP contribution is -2.33. The monoisotopic (exact) mass is 510 g/mol. The molecule has 1 rings (SSSR count). The fourth-order valence-electron chi connectivity index (χ4n) is 4.30. The molecule has 0 aromatic carbocycles. The van der Waals surface area contributed by atoms with Crippen LogP contribution in [0.4, 0.5) is 0 Å². The molecule has 0 radical (unpaired) electrons. The number of hydrogen-bond acceptors (Lipinski definition) is 6. The van der Waals surface area contributed by atoms with Crippen LogP contribution in [0.25, 0.3) is 0 Å². The van der Waals surface area contributed by atoms with Gasteiger partial charge in [0.15, 0.2) is 0 Å². The standard InChI is InChI=1S/C30H54O6/c1-8-10-11-16-19-25-22-21-24(23-26(25)28(32)34-36-30(6,7)9-2)18-15-13-12-14-17-20-27(31)33-35-29(3,4)5/h21-22,24-26H,8-20,23H2,1-7H3. The summed E-state index contributed by atoms with van der Waals surface area (Å²) < 4.78 is 0. The van der Waals surface area contributed by atoms with Crippen molar-refractivity contribution in [1.29, 1.82) is 0 Å². The van der Waals surface area contributed by atoms with E-state index in [1.165, 1.54) is 19.3 Å². The average Bonchev–Trinajstić information content (AvgIpc) is 2.83. The van der Waals surface area contributed by atoms with Crippen molar-refractivity contribution in [1.82, 2.24) is 0 Å². The predicted octanol–water partition coefficient (Wildman–Crippen LogP) is 8.43. The van der Waals surface area contributed by atoms with E-state index in [0.717, 1.165) is 64.2 Å². The largest absolute Gasteiger partial charge is 0.346 e. The van der Waals surface area contributed by atoms with Crippen molar-refractivity contribution in [3.05, 3.63) is 12.2 Å². The van der Waals surface area contributed by atoms with Crippen LogP contribution in [0, 0.1) is 17.8 Å². The Morgan fingerprint density at radius 2 is 1.42 bits per heavy atom. The molecule has 0 aromatic rings. The summed E-state index contributed by atoms with van der Waals surface area (Å²) in [7, 11) is 0. The zero-order valence-corrected chi connectivity index (χ0v) is 24.2. The molecule has 0 aliphatic heterocycles. The molecule has 1 aliphatic rings. The van der Waals surface area contributed by atoms with Crippen molar-refractivity contribution >= 4 is 11.9 Å². The second kappa shape index (κ2) is 17.2. The van der Waals surface area contributed by atoms with Gasteiger partial charge < -0.3 is 0 Å². The van der Waals surface area contributed by atoms with E-state index >= 15 is 0 Å². The lowest BCUT2D eigenvalue weighted by molar-refractivity contribution is -0.329. The minimum absolute atomic E-state index is 0.129. The molecule has 0 saturated heterocycles. The van der Waals surface area contributed by atoms with Crippen LogP contribution in [0.5, 0.6) is 0 Å². The van der Waals surface area contributed by atoms with Gasteiger partial charge in [0.25, 0.3) is 0 Å². The Morgan fingerprint density at radius 1 is 0.778 bits per heavy atom. The van der Waals surface area contributed by atoms with Gasteiger partial charge in [0.2, 0.25) is 0 Å². The van der Waals surface area contributed by atoms with Crippen LogP contribution >= 0.6 is 0 Å². The topological polar surface area (TPSA) is 71.1 Å². The Bertz CT molecular complexity index is 648. The molecular formula is C30H54O6. The third-order valence-corrected chi connectivity index (χ3v) is 6.94. The summed E-state index contributed by atoms with van der Waals surface area (Å²) in [5.74, 6) is -0.00540. The van der Waals surface area contributed by atoms with Crippen LogP contribution in [0.2, 0.25) is 0 Å². The number of unbranched alkanes of at least 4 members (excludes halogenated alkanes) is 7. The highest BCUT2D eigenvalue weighted by Crippen LogP contribution is 2.35. The van der Waals surface area contributed by atoms with E-state index in [-0.39, 0.29) is 23.8 Å². The number of rotatable bonds is 18. The summed E-state index contributed by atoms with van der Waals surface area (Å²) in [6, 6.07) is 0. The summed E-state index contributed by atoms with van der Waals surface area (Å²) in [4.78, 5) is 45.4. The van der Waals surface area contributed by atoms with Crippen molar-refractivity contribution in [2.75, 3.05) is 0 Å². The Morgan fingerprint density at radius 3 is 2.08 bits per heavy atom. The SMILES string of the molecule is CCCCCCC1C=CC(CCCCCCCC(=O)OOC(C)(C)C)CC1C(=O)OOC(C)(C)CC. The summed E-state index contributed by atoms with van der Waals surface area (Å²) in [6.07, 6.45) is 18.7. The maximum Gasteiger partial charge on any atom is 0.346 e. The van der Waals surface area contributed by atoms with Gasteiger partial charge in [-0.05, 0) is 78.6 Å². The summed E-state index contributed by atoms with van der Waals surface area (Å²) in [6.45, 7) is 13.7. The first-order chi connectivity index (χ1) is 17.0. The van der Waals surface area contributed by atoms with Crippen LogP contribution in [-0.2, 0) is 29.1 Å². The molecule has 1 aliphatic carbocycles. The molecule has 0 N–H and O–H groups in total. The van der Waals surface area contributed by atoms with Crippen molar-refractivity contribution in [2.45, 2.75) is 150 Å². The van der Waals surface area contributed by atoms with Crippen LogP contribution in [-0.4, -0.2) is 23.1 Å². The highest BCUT2D eigenvalue weighted by Gasteiger charge is 2.34. The lowest BCUT2D eigenvalue weighted by atomic mass is 9.75. The van der Waals surface area contributed by atoms with E-state index in [9.17, 15) is 9.59 Å². The zero-order chi connectivity index (χ0) is 27.0. The molecule has 6 nitrogen and oxygen atoms in total. The molecule has 0 fully saturated rings. The fraction of sp³-hybridized carbons (Fsp3) is 0.867. The first kappa shape index (κ1) is 32.6. The Balaban J connectivity index is 2.41. The van der Waals surface area contributed by atoms with Crippen LogP contribution < -0.4 is 0 Å². The highest BCUT2D eigenvalue weighted by molar-refractivity contribution is 5.72. The van der Waals surface area contributed by atoms with Gasteiger partial charge in [0, 0.05) is 6.42 Å². The Labute approximate surface area is 220 Å². The Kier molecular flexibility index (Phi) is 15.6. The Hall–Kier alpha value is -1.40. The summed E-state index contributed by atoms with van der Waals surface area (Å²) in [5.41, 5.74) is -0.945. The minimum atomic E-state index is -0.479. The predicted molar refractivity (Wildman–Crippen MR) is 144 cm³/mol. The van der Waals surface area contributed by atoms with Gasteiger partial charge in [-0.25, -0.2) is 9.59 Å². The van der Waals surface area contributed by atoms with Crippen LogP contribution in [0.15, 0.2) is 12.2 Å². The van der Waals surface area contributed by atoms with E-state index in [0.29, 0.717) is 12.3 Å². The van der Waals surface area contributed by atoms with Crippen molar-refractivity contribution in [3.63, 3.8) is 0 Å². The molecular weight excluding hydrogens is 456 g/mol. The van der Waals surface area contributed by atoms with Gasteiger partial charge in [-0.15, -0.1) is 0 Å². The van der Waals surface area contributed by atoms with Gasteiger partial charge in [0.05, 0.1) is 5.92 Å². The normalized spacial score (nSPS) is 20.4. The van der Waals surface area contributed by atoms with E-state index in [2.05, 4.69) is 19.1 Å². The minimum Gasteiger partial charge on any atom is -0.298 e. The molecule has 36 heavy (non-hydrogen) atoms. The number of hydrogen-bond donors (Lipinski definition) is 0. The van der Waals surface area contributed by atoms with Gasteiger partial charge in [-0.2, -0.15) is 9.78 Å². The molecule has 0 amide bonds. The zero-order valence-electron chi connectivity index (χ0n) is 24.2. The maximum atomic E-state index is 13.0.